The number of carbonyl (C=O) groups is 2. The van der Waals surface area contributed by atoms with Gasteiger partial charge in [-0.25, -0.2) is 26.9 Å². The van der Waals surface area contributed by atoms with Gasteiger partial charge in [0, 0.05) is 6.42 Å². The lowest BCUT2D eigenvalue weighted by atomic mass is 10.2. The summed E-state index contributed by atoms with van der Waals surface area (Å²) in [5.41, 5.74) is 4.38. The first-order valence-electron chi connectivity index (χ1n) is 7.13. The monoisotopic (exact) mass is 394 g/mol. The van der Waals surface area contributed by atoms with Crippen LogP contribution in [0.2, 0.25) is 5.02 Å². The van der Waals surface area contributed by atoms with Gasteiger partial charge >= 0.3 is 6.03 Å². The van der Waals surface area contributed by atoms with E-state index < -0.39 is 51.6 Å². The fraction of sp³-hybridized carbons (Fsp3) is 0.385. The minimum Gasteiger partial charge on any atom is -0.316 e. The van der Waals surface area contributed by atoms with Crippen LogP contribution in [0, 0.1) is 5.82 Å². The van der Waals surface area contributed by atoms with E-state index in [9.17, 15) is 26.8 Å². The number of imide groups is 1. The minimum atomic E-state index is -3.93. The molecule has 136 valence electrons. The van der Waals surface area contributed by atoms with E-state index in [-0.39, 0.29) is 23.7 Å². The van der Waals surface area contributed by atoms with E-state index in [0.29, 0.717) is 4.90 Å². The summed E-state index contributed by atoms with van der Waals surface area (Å²) in [5, 5.41) is -0.276. The predicted molar refractivity (Wildman–Crippen MR) is 85.9 cm³/mol. The maximum Gasteiger partial charge on any atom is 0.332 e. The van der Waals surface area contributed by atoms with E-state index in [0.717, 1.165) is 17.0 Å². The smallest absolute Gasteiger partial charge is 0.316 e. The molecular weight excluding hydrogens is 382 g/mol. The number of urea groups is 1. The molecule has 2 fully saturated rings. The molecule has 0 unspecified atom stereocenters. The Morgan fingerprint density at radius 3 is 2.64 bits per heavy atom. The molecule has 2 aliphatic heterocycles. The molecule has 0 bridgehead atoms. The van der Waals surface area contributed by atoms with Crippen molar-refractivity contribution in [2.75, 3.05) is 22.0 Å². The van der Waals surface area contributed by atoms with Crippen molar-refractivity contribution in [3.05, 3.63) is 23.0 Å². The standard InChI is InChI=1S/C13H13ClF2N4O4S/c14-7-2-8(16)10(3-9(7)18-25(23,24)5-17)20-12(21)11-1-6(15)4-19(11)13(20)22/h2-3,6,11,18H,1,4-5,17H2/t6-,11+/m0/s1. The zero-order chi connectivity index (χ0) is 18.5. The Hall–Kier alpha value is -1.98. The zero-order valence-corrected chi connectivity index (χ0v) is 14.2. The second kappa shape index (κ2) is 6.07. The van der Waals surface area contributed by atoms with Crippen LogP contribution in [-0.4, -0.2) is 49.9 Å². The van der Waals surface area contributed by atoms with Gasteiger partial charge in [-0.2, -0.15) is 0 Å². The van der Waals surface area contributed by atoms with Crippen molar-refractivity contribution in [1.29, 1.82) is 0 Å². The van der Waals surface area contributed by atoms with Crippen molar-refractivity contribution in [2.24, 2.45) is 5.73 Å². The molecular formula is C13H13ClF2N4O4S. The first kappa shape index (κ1) is 17.8. The number of carbonyl (C=O) groups excluding carboxylic acids is 2. The molecule has 0 spiro atoms. The van der Waals surface area contributed by atoms with E-state index in [1.807, 2.05) is 4.72 Å². The first-order valence-corrected chi connectivity index (χ1v) is 9.16. The summed E-state index contributed by atoms with van der Waals surface area (Å²) in [6, 6.07) is -0.172. The van der Waals surface area contributed by atoms with E-state index in [4.69, 9.17) is 17.3 Å². The number of hydrogen-bond donors (Lipinski definition) is 2. The zero-order valence-electron chi connectivity index (χ0n) is 12.6. The van der Waals surface area contributed by atoms with Crippen molar-refractivity contribution in [2.45, 2.75) is 18.6 Å². The summed E-state index contributed by atoms with van der Waals surface area (Å²) in [4.78, 5) is 26.3. The topological polar surface area (TPSA) is 113 Å². The molecule has 1 aromatic carbocycles. The van der Waals surface area contributed by atoms with Crippen molar-refractivity contribution in [1.82, 2.24) is 4.90 Å². The summed E-state index contributed by atoms with van der Waals surface area (Å²) in [7, 11) is -3.93. The van der Waals surface area contributed by atoms with E-state index in [1.165, 1.54) is 0 Å². The number of anilines is 2. The molecule has 2 aliphatic rings. The van der Waals surface area contributed by atoms with Gasteiger partial charge in [0.15, 0.2) is 0 Å². The first-order chi connectivity index (χ1) is 11.6. The maximum absolute atomic E-state index is 14.3. The van der Waals surface area contributed by atoms with Gasteiger partial charge in [-0.15, -0.1) is 0 Å². The molecule has 3 amide bonds. The van der Waals surface area contributed by atoms with Crippen molar-refractivity contribution in [3.8, 4) is 0 Å². The highest BCUT2D eigenvalue weighted by Gasteiger charge is 2.52. The molecule has 0 aromatic heterocycles. The lowest BCUT2D eigenvalue weighted by Gasteiger charge is -2.18. The molecule has 3 N–H and O–H groups in total. The Labute approximate surface area is 146 Å². The SMILES string of the molecule is NCS(=O)(=O)Nc1cc(N2C(=O)[C@H]3C[C@H](F)CN3C2=O)c(F)cc1Cl. The van der Waals surface area contributed by atoms with Crippen LogP contribution < -0.4 is 15.4 Å². The van der Waals surface area contributed by atoms with Gasteiger partial charge in [0.1, 0.15) is 23.9 Å². The Morgan fingerprint density at radius 1 is 1.36 bits per heavy atom. The van der Waals surface area contributed by atoms with Gasteiger partial charge in [0.05, 0.1) is 22.9 Å². The van der Waals surface area contributed by atoms with E-state index >= 15 is 0 Å². The number of rotatable bonds is 4. The molecule has 1 aromatic rings. The van der Waals surface area contributed by atoms with Gasteiger partial charge in [0.2, 0.25) is 10.0 Å². The van der Waals surface area contributed by atoms with Gasteiger partial charge in [-0.3, -0.25) is 9.52 Å². The number of alkyl halides is 1. The molecule has 25 heavy (non-hydrogen) atoms. The maximum atomic E-state index is 14.3. The number of nitrogens with zero attached hydrogens (tertiary/aromatic N) is 2. The van der Waals surface area contributed by atoms with Crippen LogP contribution in [0.5, 0.6) is 0 Å². The summed E-state index contributed by atoms with van der Waals surface area (Å²) in [6.07, 6.45) is -1.48. The molecule has 2 atom stereocenters. The molecule has 3 rings (SSSR count). The number of hydrogen-bond acceptors (Lipinski definition) is 5. The van der Waals surface area contributed by atoms with Crippen LogP contribution in [0.3, 0.4) is 0 Å². The highest BCUT2D eigenvalue weighted by Crippen LogP contribution is 2.37. The molecule has 0 saturated carbocycles. The van der Waals surface area contributed by atoms with Crippen LogP contribution >= 0.6 is 11.6 Å². The van der Waals surface area contributed by atoms with Crippen molar-refractivity contribution in [3.63, 3.8) is 0 Å². The summed E-state index contributed by atoms with van der Waals surface area (Å²) in [5.74, 6) is -2.52. The second-order valence-electron chi connectivity index (χ2n) is 5.62. The quantitative estimate of drug-likeness (QED) is 0.740. The van der Waals surface area contributed by atoms with Gasteiger partial charge in [-0.1, -0.05) is 11.6 Å². The molecule has 2 saturated heterocycles. The highest BCUT2D eigenvalue weighted by molar-refractivity contribution is 7.92. The predicted octanol–water partition coefficient (Wildman–Crippen LogP) is 1.02. The Morgan fingerprint density at radius 2 is 2.04 bits per heavy atom. The molecule has 8 nitrogen and oxygen atoms in total. The average molecular weight is 395 g/mol. The Bertz CT molecular complexity index is 842. The van der Waals surface area contributed by atoms with E-state index in [2.05, 4.69) is 0 Å². The number of nitrogens with one attached hydrogen (secondary N) is 1. The third kappa shape index (κ3) is 3.02. The average Bonchev–Trinajstić information content (AvgIpc) is 3.01. The fourth-order valence-electron chi connectivity index (χ4n) is 2.82. The normalized spacial score (nSPS) is 23.4. The Kier molecular flexibility index (Phi) is 4.33. The number of nitrogens with two attached hydrogens (primary N) is 1. The Balaban J connectivity index is 2.00. The molecule has 12 heteroatoms. The van der Waals surface area contributed by atoms with Gasteiger partial charge in [0.25, 0.3) is 5.91 Å². The van der Waals surface area contributed by atoms with Crippen molar-refractivity contribution >= 4 is 44.9 Å². The largest absolute Gasteiger partial charge is 0.332 e. The number of halogens is 3. The molecule has 0 aliphatic carbocycles. The summed E-state index contributed by atoms with van der Waals surface area (Å²) >= 11 is 5.80. The minimum absolute atomic E-state index is 0.164. The lowest BCUT2D eigenvalue weighted by Crippen LogP contribution is -2.35. The third-order valence-electron chi connectivity index (χ3n) is 3.95. The van der Waals surface area contributed by atoms with Gasteiger partial charge in [-0.05, 0) is 12.1 Å². The van der Waals surface area contributed by atoms with Crippen LogP contribution in [0.1, 0.15) is 6.42 Å². The van der Waals surface area contributed by atoms with Crippen LogP contribution in [0.25, 0.3) is 0 Å². The molecule has 0 radical (unpaired) electrons. The summed E-state index contributed by atoms with van der Waals surface area (Å²) in [6.45, 7) is -0.256. The van der Waals surface area contributed by atoms with Crippen LogP contribution in [0.15, 0.2) is 12.1 Å². The highest BCUT2D eigenvalue weighted by atomic mass is 35.5. The second-order valence-corrected chi connectivity index (χ2v) is 7.80. The summed E-state index contributed by atoms with van der Waals surface area (Å²) < 4.78 is 52.9. The lowest BCUT2D eigenvalue weighted by molar-refractivity contribution is -0.119. The van der Waals surface area contributed by atoms with Crippen molar-refractivity contribution < 1.29 is 26.8 Å². The molecule has 2 heterocycles. The van der Waals surface area contributed by atoms with E-state index in [1.54, 1.807) is 0 Å². The number of benzene rings is 1. The third-order valence-corrected chi connectivity index (χ3v) is 5.24. The number of amides is 3. The van der Waals surface area contributed by atoms with Crippen LogP contribution in [-0.2, 0) is 14.8 Å². The number of fused-ring (bicyclic) bond motifs is 1. The number of sulfonamides is 1. The van der Waals surface area contributed by atoms with Crippen LogP contribution in [0.4, 0.5) is 25.0 Å². The fourth-order valence-corrected chi connectivity index (χ4v) is 3.66. The van der Waals surface area contributed by atoms with Gasteiger partial charge < -0.3 is 10.6 Å².